The third kappa shape index (κ3) is 5.73. The molecular formula is C78H44. The first kappa shape index (κ1) is 42.1. The molecule has 0 heterocycles. The molecule has 0 saturated carbocycles. The molecule has 0 amide bonds. The Morgan fingerprint density at radius 3 is 0.679 bits per heavy atom. The predicted octanol–water partition coefficient (Wildman–Crippen LogP) is 22.2. The Bertz CT molecular complexity index is 5270. The van der Waals surface area contributed by atoms with Crippen molar-refractivity contribution in [3.8, 4) is 44.5 Å². The molecule has 0 bridgehead atoms. The maximum Gasteiger partial charge on any atom is -0.000719 e. The van der Waals surface area contributed by atoms with Crippen molar-refractivity contribution in [3.05, 3.63) is 267 Å². The Balaban J connectivity index is 1.05. The number of hydrogen-bond donors (Lipinski definition) is 0. The van der Waals surface area contributed by atoms with Crippen LogP contribution in [0.2, 0.25) is 0 Å². The summed E-state index contributed by atoms with van der Waals surface area (Å²) in [6, 6.07) is 101. The Hall–Kier alpha value is -10.1. The molecule has 78 heavy (non-hydrogen) atoms. The van der Waals surface area contributed by atoms with E-state index in [2.05, 4.69) is 267 Å². The fourth-order valence-electron chi connectivity index (χ4n) is 14.5. The molecule has 0 nitrogen and oxygen atoms in total. The lowest BCUT2D eigenvalue weighted by atomic mass is 9.85. The smallest absolute Gasteiger partial charge is 0.000719 e. The Kier molecular flexibility index (Phi) is 8.49. The minimum Gasteiger partial charge on any atom is -0.0616 e. The lowest BCUT2D eigenvalue weighted by Gasteiger charge is -2.17. The van der Waals surface area contributed by atoms with Crippen LogP contribution in [0.5, 0.6) is 0 Å². The molecule has 18 rings (SSSR count). The molecule has 0 N–H and O–H groups in total. The summed E-state index contributed by atoms with van der Waals surface area (Å²) >= 11 is 0. The molecule has 0 spiro atoms. The van der Waals surface area contributed by atoms with Gasteiger partial charge in [0.2, 0.25) is 0 Å². The van der Waals surface area contributed by atoms with Crippen LogP contribution in [0, 0.1) is 0 Å². The van der Waals surface area contributed by atoms with Gasteiger partial charge in [0.15, 0.2) is 0 Å². The first-order valence-corrected chi connectivity index (χ1v) is 27.3. The average molecular weight is 981 g/mol. The molecule has 18 aromatic carbocycles. The van der Waals surface area contributed by atoms with Gasteiger partial charge < -0.3 is 0 Å². The van der Waals surface area contributed by atoms with Crippen molar-refractivity contribution in [1.29, 1.82) is 0 Å². The highest BCUT2D eigenvalue weighted by Gasteiger charge is 2.28. The summed E-state index contributed by atoms with van der Waals surface area (Å²) in [6.45, 7) is 0. The second kappa shape index (κ2) is 15.7. The van der Waals surface area contributed by atoms with Gasteiger partial charge in [0, 0.05) is 0 Å². The molecule has 0 aliphatic heterocycles. The Labute approximate surface area is 448 Å². The van der Waals surface area contributed by atoms with Crippen molar-refractivity contribution in [2.24, 2.45) is 0 Å². The van der Waals surface area contributed by atoms with Gasteiger partial charge in [-0.2, -0.15) is 0 Å². The van der Waals surface area contributed by atoms with Crippen LogP contribution in [0.25, 0.3) is 185 Å². The van der Waals surface area contributed by atoms with Crippen LogP contribution in [0.3, 0.4) is 0 Å². The molecule has 0 unspecified atom stereocenters. The zero-order chi connectivity index (χ0) is 50.7. The molecule has 0 aliphatic rings. The zero-order valence-electron chi connectivity index (χ0n) is 42.4. The average Bonchev–Trinajstić information content (AvgIpc) is 3.56. The van der Waals surface area contributed by atoms with Gasteiger partial charge in [-0.05, 0) is 221 Å². The van der Waals surface area contributed by atoms with Crippen LogP contribution in [0.15, 0.2) is 267 Å². The lowest BCUT2D eigenvalue weighted by molar-refractivity contribution is 1.70. The van der Waals surface area contributed by atoms with Gasteiger partial charge in [0.05, 0.1) is 0 Å². The van der Waals surface area contributed by atoms with E-state index in [-0.39, 0.29) is 0 Å². The monoisotopic (exact) mass is 980 g/mol. The van der Waals surface area contributed by atoms with Crippen LogP contribution in [0.1, 0.15) is 0 Å². The summed E-state index contributed by atoms with van der Waals surface area (Å²) in [5, 5.41) is 33.3. The van der Waals surface area contributed by atoms with Gasteiger partial charge in [-0.15, -0.1) is 0 Å². The highest BCUT2D eigenvalue weighted by molar-refractivity contribution is 6.47. The minimum atomic E-state index is 1.23. The molecular weight excluding hydrogens is 937 g/mol. The molecule has 18 aromatic rings. The van der Waals surface area contributed by atoms with E-state index in [1.807, 2.05) is 0 Å². The number of rotatable bonds is 4. The maximum atomic E-state index is 2.59. The van der Waals surface area contributed by atoms with Crippen molar-refractivity contribution < 1.29 is 0 Å². The van der Waals surface area contributed by atoms with Crippen LogP contribution in [0.4, 0.5) is 0 Å². The van der Waals surface area contributed by atoms with Gasteiger partial charge in [0.1, 0.15) is 0 Å². The topological polar surface area (TPSA) is 0 Å². The van der Waals surface area contributed by atoms with E-state index >= 15 is 0 Å². The fraction of sp³-hybridized carbons (Fsp3) is 0. The largest absolute Gasteiger partial charge is 0.0616 e. The summed E-state index contributed by atoms with van der Waals surface area (Å²) in [4.78, 5) is 0. The number of fused-ring (bicyclic) bond motifs is 15. The molecule has 0 radical (unpaired) electrons. The maximum absolute atomic E-state index is 2.59. The third-order valence-corrected chi connectivity index (χ3v) is 17.8. The van der Waals surface area contributed by atoms with E-state index in [1.54, 1.807) is 0 Å². The molecule has 0 fully saturated rings. The van der Waals surface area contributed by atoms with E-state index in [9.17, 15) is 0 Å². The van der Waals surface area contributed by atoms with Crippen molar-refractivity contribution in [3.63, 3.8) is 0 Å². The van der Waals surface area contributed by atoms with E-state index in [0.717, 1.165) is 0 Å². The molecule has 0 saturated heterocycles. The second-order valence-corrected chi connectivity index (χ2v) is 21.7. The van der Waals surface area contributed by atoms with E-state index in [1.165, 1.54) is 185 Å². The van der Waals surface area contributed by atoms with Crippen molar-refractivity contribution in [1.82, 2.24) is 0 Å². The SMILES string of the molecule is c1ccc2cc(-c3c4ccccc4c(-c4ccc5ccccc5c4)c4c5cc6c(cc7c8c(-c9ccc%10ccccc%10c9)c9ccccc9c(-c9ccc%10ccccc%10c9)c8c8cccc6c87)c6cccc(c34)c65)ccc2c1. The Morgan fingerprint density at radius 1 is 0.128 bits per heavy atom. The van der Waals surface area contributed by atoms with Crippen LogP contribution in [-0.4, -0.2) is 0 Å². The summed E-state index contributed by atoms with van der Waals surface area (Å²) in [7, 11) is 0. The van der Waals surface area contributed by atoms with Gasteiger partial charge in [-0.3, -0.25) is 0 Å². The number of hydrogen-bond acceptors (Lipinski definition) is 0. The van der Waals surface area contributed by atoms with Crippen LogP contribution in [-0.2, 0) is 0 Å². The standard InChI is InChI=1S/C78H44/c1-5-19-49-39-53(35-31-45(49)15-1)69-57-23-9-11-25-59(57)71(55-37-33-47-17-3-7-21-51(47)41-55)77-67-43-65-62-28-14-30-64-74(62)68(44-66(65)61-27-13-29-63(73(61)67)75(69)77)78-72(56-38-34-48-18-4-8-22-52(48)42-56)60-26-12-10-24-58(60)70(76(64)78)54-36-32-46-16-2-6-20-50(46)40-54/h1-44H. The highest BCUT2D eigenvalue weighted by Crippen LogP contribution is 2.56. The molecule has 0 heteroatoms. The van der Waals surface area contributed by atoms with Crippen molar-refractivity contribution >= 4 is 140 Å². The molecule has 0 aliphatic carbocycles. The summed E-state index contributed by atoms with van der Waals surface area (Å²) in [5.41, 5.74) is 10.1. The first-order valence-electron chi connectivity index (χ1n) is 27.3. The Morgan fingerprint density at radius 2 is 0.372 bits per heavy atom. The van der Waals surface area contributed by atoms with Gasteiger partial charge >= 0.3 is 0 Å². The van der Waals surface area contributed by atoms with Crippen molar-refractivity contribution in [2.45, 2.75) is 0 Å². The van der Waals surface area contributed by atoms with E-state index in [0.29, 0.717) is 0 Å². The van der Waals surface area contributed by atoms with E-state index in [4.69, 9.17) is 0 Å². The zero-order valence-corrected chi connectivity index (χ0v) is 42.4. The second-order valence-electron chi connectivity index (χ2n) is 21.7. The van der Waals surface area contributed by atoms with Crippen LogP contribution < -0.4 is 0 Å². The first-order chi connectivity index (χ1) is 38.7. The normalized spacial score (nSPS) is 12.4. The number of benzene rings is 16. The summed E-state index contributed by atoms with van der Waals surface area (Å²) in [5.74, 6) is 0. The van der Waals surface area contributed by atoms with Gasteiger partial charge in [-0.1, -0.05) is 231 Å². The highest BCUT2D eigenvalue weighted by atomic mass is 14.3. The van der Waals surface area contributed by atoms with Gasteiger partial charge in [-0.25, -0.2) is 0 Å². The predicted molar refractivity (Wildman–Crippen MR) is 338 cm³/mol. The van der Waals surface area contributed by atoms with Crippen LogP contribution >= 0.6 is 0 Å². The summed E-state index contributed by atoms with van der Waals surface area (Å²) < 4.78 is 0. The quantitative estimate of drug-likeness (QED) is 0.154. The van der Waals surface area contributed by atoms with Crippen molar-refractivity contribution in [2.75, 3.05) is 0 Å². The molecule has 356 valence electrons. The minimum absolute atomic E-state index is 1.23. The summed E-state index contributed by atoms with van der Waals surface area (Å²) in [6.07, 6.45) is 0. The third-order valence-electron chi connectivity index (χ3n) is 17.8. The molecule has 0 atom stereocenters. The van der Waals surface area contributed by atoms with Gasteiger partial charge in [0.25, 0.3) is 0 Å². The molecule has 0 aromatic heterocycles. The van der Waals surface area contributed by atoms with E-state index < -0.39 is 0 Å². The lowest BCUT2D eigenvalue weighted by Crippen LogP contribution is -1.90. The fourth-order valence-corrected chi connectivity index (χ4v) is 14.5.